The molecule has 1 heterocycles. The van der Waals surface area contributed by atoms with Crippen molar-refractivity contribution in [1.82, 2.24) is 10.6 Å². The van der Waals surface area contributed by atoms with Crippen LogP contribution in [0.1, 0.15) is 53.4 Å². The Morgan fingerprint density at radius 2 is 2.18 bits per heavy atom. The third-order valence-corrected chi connectivity index (χ3v) is 4.02. The summed E-state index contributed by atoms with van der Waals surface area (Å²) in [5.41, 5.74) is -0.588. The maximum Gasteiger partial charge on any atom is 0.0784 e. The molecule has 0 aromatic rings. The Bertz CT molecular complexity index is 216. The summed E-state index contributed by atoms with van der Waals surface area (Å²) >= 11 is 0. The minimum Gasteiger partial charge on any atom is -0.389 e. The third-order valence-electron chi connectivity index (χ3n) is 4.02. The highest BCUT2D eigenvalue weighted by atomic mass is 16.3. The molecule has 102 valence electrons. The number of nitrogens with one attached hydrogen (secondary N) is 2. The number of hydrogen-bond donors (Lipinski definition) is 3. The van der Waals surface area contributed by atoms with Crippen LogP contribution in [0.3, 0.4) is 0 Å². The Labute approximate surface area is 106 Å². The van der Waals surface area contributed by atoms with E-state index >= 15 is 0 Å². The molecule has 0 saturated carbocycles. The van der Waals surface area contributed by atoms with Gasteiger partial charge in [-0.3, -0.25) is 0 Å². The van der Waals surface area contributed by atoms with Crippen LogP contribution in [-0.4, -0.2) is 35.9 Å². The first-order valence-electron chi connectivity index (χ1n) is 7.15. The summed E-state index contributed by atoms with van der Waals surface area (Å²) in [4.78, 5) is 0. The van der Waals surface area contributed by atoms with E-state index in [1.165, 1.54) is 12.8 Å². The second-order valence-electron chi connectivity index (χ2n) is 6.02. The highest BCUT2D eigenvalue weighted by Crippen LogP contribution is 2.27. The van der Waals surface area contributed by atoms with Crippen molar-refractivity contribution < 1.29 is 5.11 Å². The van der Waals surface area contributed by atoms with Gasteiger partial charge in [-0.15, -0.1) is 0 Å². The van der Waals surface area contributed by atoms with E-state index in [1.54, 1.807) is 0 Å². The molecular formula is C14H30N2O. The average molecular weight is 242 g/mol. The van der Waals surface area contributed by atoms with Crippen LogP contribution in [0.4, 0.5) is 0 Å². The van der Waals surface area contributed by atoms with Gasteiger partial charge >= 0.3 is 0 Å². The molecular weight excluding hydrogens is 212 g/mol. The van der Waals surface area contributed by atoms with Crippen LogP contribution < -0.4 is 10.6 Å². The molecule has 1 aliphatic rings. The van der Waals surface area contributed by atoms with Crippen molar-refractivity contribution in [3.8, 4) is 0 Å². The second-order valence-corrected chi connectivity index (χ2v) is 6.02. The molecule has 3 nitrogen and oxygen atoms in total. The van der Waals surface area contributed by atoms with Gasteiger partial charge in [-0.25, -0.2) is 0 Å². The Balaban J connectivity index is 2.39. The summed E-state index contributed by atoms with van der Waals surface area (Å²) < 4.78 is 0. The molecule has 1 rings (SSSR count). The molecule has 0 bridgehead atoms. The summed E-state index contributed by atoms with van der Waals surface area (Å²) in [5, 5.41) is 17.4. The van der Waals surface area contributed by atoms with Gasteiger partial charge in [0, 0.05) is 12.1 Å². The lowest BCUT2D eigenvalue weighted by Gasteiger charge is -2.39. The van der Waals surface area contributed by atoms with E-state index in [-0.39, 0.29) is 6.04 Å². The van der Waals surface area contributed by atoms with Gasteiger partial charge in [-0.05, 0) is 45.2 Å². The van der Waals surface area contributed by atoms with Crippen LogP contribution >= 0.6 is 0 Å². The van der Waals surface area contributed by atoms with Gasteiger partial charge in [0.25, 0.3) is 0 Å². The van der Waals surface area contributed by atoms with E-state index in [2.05, 4.69) is 31.4 Å². The monoisotopic (exact) mass is 242 g/mol. The lowest BCUT2D eigenvalue weighted by Crippen LogP contribution is -2.53. The summed E-state index contributed by atoms with van der Waals surface area (Å²) in [6.45, 7) is 10.4. The van der Waals surface area contributed by atoms with E-state index in [1.807, 2.05) is 6.92 Å². The Morgan fingerprint density at radius 1 is 1.47 bits per heavy atom. The highest BCUT2D eigenvalue weighted by molar-refractivity contribution is 4.92. The van der Waals surface area contributed by atoms with E-state index in [0.29, 0.717) is 6.04 Å². The van der Waals surface area contributed by atoms with Crippen LogP contribution in [0.25, 0.3) is 0 Å². The van der Waals surface area contributed by atoms with Crippen molar-refractivity contribution in [1.29, 1.82) is 0 Å². The van der Waals surface area contributed by atoms with Crippen LogP contribution in [0, 0.1) is 5.92 Å². The van der Waals surface area contributed by atoms with Crippen molar-refractivity contribution in [3.63, 3.8) is 0 Å². The zero-order chi connectivity index (χ0) is 12.9. The minimum atomic E-state index is -0.588. The smallest absolute Gasteiger partial charge is 0.0784 e. The lowest BCUT2D eigenvalue weighted by atomic mass is 9.81. The van der Waals surface area contributed by atoms with E-state index in [0.717, 1.165) is 31.8 Å². The van der Waals surface area contributed by atoms with Gasteiger partial charge in [-0.2, -0.15) is 0 Å². The molecule has 1 fully saturated rings. The van der Waals surface area contributed by atoms with Crippen molar-refractivity contribution in [3.05, 3.63) is 0 Å². The Kier molecular flexibility index (Phi) is 5.90. The van der Waals surface area contributed by atoms with Gasteiger partial charge in [0.1, 0.15) is 0 Å². The number of piperidine rings is 1. The fraction of sp³-hybridized carbons (Fsp3) is 1.00. The third kappa shape index (κ3) is 4.94. The maximum atomic E-state index is 10.6. The van der Waals surface area contributed by atoms with E-state index in [4.69, 9.17) is 0 Å². The van der Waals surface area contributed by atoms with Gasteiger partial charge in [0.2, 0.25) is 0 Å². The number of rotatable bonds is 6. The number of hydrogen-bond acceptors (Lipinski definition) is 3. The summed E-state index contributed by atoms with van der Waals surface area (Å²) in [5.74, 6) is 0.783. The zero-order valence-corrected chi connectivity index (χ0v) is 11.9. The molecule has 1 aliphatic heterocycles. The maximum absolute atomic E-state index is 10.6. The number of aliphatic hydroxyl groups is 1. The molecule has 0 aliphatic carbocycles. The van der Waals surface area contributed by atoms with Crippen LogP contribution in [0.5, 0.6) is 0 Å². The molecule has 0 radical (unpaired) electrons. The predicted molar refractivity (Wildman–Crippen MR) is 73.2 cm³/mol. The molecule has 3 heteroatoms. The second kappa shape index (κ2) is 6.72. The fourth-order valence-corrected chi connectivity index (χ4v) is 2.63. The molecule has 0 spiro atoms. The average Bonchev–Trinajstić information content (AvgIpc) is 2.28. The SMILES string of the molecule is CCC1CCNC(C(C)(O)CCNC(C)C)C1. The topological polar surface area (TPSA) is 44.3 Å². The molecule has 17 heavy (non-hydrogen) atoms. The van der Waals surface area contributed by atoms with Crippen LogP contribution in [-0.2, 0) is 0 Å². The molecule has 0 amide bonds. The van der Waals surface area contributed by atoms with Crippen molar-refractivity contribution in [2.75, 3.05) is 13.1 Å². The molecule has 3 atom stereocenters. The van der Waals surface area contributed by atoms with Crippen LogP contribution in [0.15, 0.2) is 0 Å². The first-order chi connectivity index (χ1) is 7.95. The van der Waals surface area contributed by atoms with Gasteiger partial charge < -0.3 is 15.7 Å². The van der Waals surface area contributed by atoms with E-state index in [9.17, 15) is 5.11 Å². The Hall–Kier alpha value is -0.120. The molecule has 0 aromatic carbocycles. The largest absolute Gasteiger partial charge is 0.389 e. The minimum absolute atomic E-state index is 0.259. The van der Waals surface area contributed by atoms with Crippen LogP contribution in [0.2, 0.25) is 0 Å². The van der Waals surface area contributed by atoms with Crippen molar-refractivity contribution in [2.45, 2.75) is 71.1 Å². The summed E-state index contributed by atoms with van der Waals surface area (Å²) in [6.07, 6.45) is 4.43. The highest BCUT2D eigenvalue weighted by Gasteiger charge is 2.34. The standard InChI is InChI=1S/C14H30N2O/c1-5-12-6-8-16-13(10-12)14(4,17)7-9-15-11(2)3/h11-13,15-17H,5-10H2,1-4H3. The summed E-state index contributed by atoms with van der Waals surface area (Å²) in [6, 6.07) is 0.753. The first kappa shape index (κ1) is 14.9. The Morgan fingerprint density at radius 3 is 2.76 bits per heavy atom. The first-order valence-corrected chi connectivity index (χ1v) is 7.15. The molecule has 1 saturated heterocycles. The quantitative estimate of drug-likeness (QED) is 0.666. The predicted octanol–water partition coefficient (Wildman–Crippen LogP) is 1.90. The van der Waals surface area contributed by atoms with Gasteiger partial charge in [0.15, 0.2) is 0 Å². The van der Waals surface area contributed by atoms with Crippen molar-refractivity contribution in [2.24, 2.45) is 5.92 Å². The fourth-order valence-electron chi connectivity index (χ4n) is 2.63. The molecule has 3 N–H and O–H groups in total. The van der Waals surface area contributed by atoms with Crippen molar-refractivity contribution >= 4 is 0 Å². The molecule has 3 unspecified atom stereocenters. The summed E-state index contributed by atoms with van der Waals surface area (Å²) in [7, 11) is 0. The van der Waals surface area contributed by atoms with Gasteiger partial charge in [-0.1, -0.05) is 27.2 Å². The van der Waals surface area contributed by atoms with E-state index < -0.39 is 5.60 Å². The zero-order valence-electron chi connectivity index (χ0n) is 11.9. The molecule has 0 aromatic heterocycles. The van der Waals surface area contributed by atoms with Gasteiger partial charge in [0.05, 0.1) is 5.60 Å². The lowest BCUT2D eigenvalue weighted by molar-refractivity contribution is -0.00568. The normalized spacial score (nSPS) is 29.3.